The summed E-state index contributed by atoms with van der Waals surface area (Å²) in [6.07, 6.45) is 0.422. The van der Waals surface area contributed by atoms with Crippen LogP contribution >= 0.6 is 0 Å². The van der Waals surface area contributed by atoms with Crippen LogP contribution in [0.5, 0.6) is 0 Å². The van der Waals surface area contributed by atoms with Crippen molar-refractivity contribution in [2.75, 3.05) is 6.61 Å². The summed E-state index contributed by atoms with van der Waals surface area (Å²) in [7, 11) is 0. The van der Waals surface area contributed by atoms with Gasteiger partial charge >= 0.3 is 11.8 Å². The number of halogens is 1. The summed E-state index contributed by atoms with van der Waals surface area (Å²) in [6.45, 7) is 3.60. The number of aromatic amines is 1. The van der Waals surface area contributed by atoms with Gasteiger partial charge in [0.15, 0.2) is 0 Å². The van der Waals surface area contributed by atoms with E-state index in [4.69, 9.17) is 14.3 Å². The van der Waals surface area contributed by atoms with Gasteiger partial charge in [0.25, 0.3) is 5.56 Å². The van der Waals surface area contributed by atoms with Gasteiger partial charge in [0.1, 0.15) is 6.23 Å². The number of ether oxygens (including phenoxy) is 1. The van der Waals surface area contributed by atoms with Crippen molar-refractivity contribution in [3.63, 3.8) is 0 Å². The number of aromatic nitrogens is 2. The molecular formula is C12H15FN2O6. The predicted molar refractivity (Wildman–Crippen MR) is 65.7 cm³/mol. The van der Waals surface area contributed by atoms with Crippen LogP contribution in [-0.4, -0.2) is 33.5 Å². The Morgan fingerprint density at radius 1 is 1.52 bits per heavy atom. The van der Waals surface area contributed by atoms with Gasteiger partial charge in [-0.05, 0) is 5.41 Å². The zero-order valence-electron chi connectivity index (χ0n) is 11.5. The fraction of sp³-hybridized carbons (Fsp3) is 0.583. The van der Waals surface area contributed by atoms with E-state index in [1.807, 2.05) is 18.8 Å². The molecule has 0 spiro atoms. The maximum atomic E-state index is 13.2. The third-order valence-corrected chi connectivity index (χ3v) is 3.29. The van der Waals surface area contributed by atoms with Gasteiger partial charge in [-0.2, -0.15) is 14.0 Å². The van der Waals surface area contributed by atoms with E-state index in [9.17, 15) is 19.1 Å². The Bertz CT molecular complexity index is 644. The fourth-order valence-corrected chi connectivity index (χ4v) is 2.13. The highest BCUT2D eigenvalue weighted by molar-refractivity contribution is 5.20. The lowest BCUT2D eigenvalue weighted by molar-refractivity contribution is -0.191. The summed E-state index contributed by atoms with van der Waals surface area (Å²) in [6, 6.07) is 0. The highest BCUT2D eigenvalue weighted by Crippen LogP contribution is 2.41. The van der Waals surface area contributed by atoms with Crippen LogP contribution in [0.2, 0.25) is 0 Å². The highest BCUT2D eigenvalue weighted by atomic mass is 19.1. The zero-order chi connectivity index (χ0) is 16.2. The second kappa shape index (κ2) is 6.57. The molecule has 8 nitrogen and oxygen atoms in total. The van der Waals surface area contributed by atoms with Crippen LogP contribution in [0.4, 0.5) is 4.39 Å². The van der Waals surface area contributed by atoms with E-state index < -0.39 is 29.4 Å². The second-order valence-corrected chi connectivity index (χ2v) is 5.18. The van der Waals surface area contributed by atoms with Crippen LogP contribution in [0.15, 0.2) is 15.8 Å². The minimum atomic E-state index is -1.05. The number of nitrogens with one attached hydrogen (secondary N) is 1. The molecule has 1 aliphatic heterocycles. The molecule has 1 aliphatic rings. The molecule has 0 radical (unpaired) electrons. The Labute approximate surface area is 118 Å². The van der Waals surface area contributed by atoms with Crippen molar-refractivity contribution in [2.24, 2.45) is 5.41 Å². The van der Waals surface area contributed by atoms with Gasteiger partial charge < -0.3 is 9.84 Å². The zero-order valence-corrected chi connectivity index (χ0v) is 11.5. The van der Waals surface area contributed by atoms with Crippen molar-refractivity contribution in [3.8, 4) is 0 Å². The molecule has 0 bridgehead atoms. The average molecular weight is 302 g/mol. The number of H-pyrrole nitrogens is 1. The van der Waals surface area contributed by atoms with Crippen LogP contribution in [0.25, 0.3) is 0 Å². The molecule has 0 aromatic carbocycles. The van der Waals surface area contributed by atoms with Crippen molar-refractivity contribution in [3.05, 3.63) is 32.9 Å². The number of aliphatic hydroxyl groups is 1. The molecule has 9 heteroatoms. The molecule has 2 atom stereocenters. The van der Waals surface area contributed by atoms with Crippen molar-refractivity contribution >= 4 is 6.15 Å². The molecule has 2 N–H and O–H groups in total. The van der Waals surface area contributed by atoms with E-state index in [1.54, 1.807) is 0 Å². The molecule has 0 unspecified atom stereocenters. The lowest BCUT2D eigenvalue weighted by Crippen LogP contribution is -2.34. The van der Waals surface area contributed by atoms with Gasteiger partial charge in [-0.25, -0.2) is 4.79 Å². The van der Waals surface area contributed by atoms with Gasteiger partial charge in [0, 0.05) is 6.42 Å². The summed E-state index contributed by atoms with van der Waals surface area (Å²) < 4.78 is 19.7. The van der Waals surface area contributed by atoms with Gasteiger partial charge in [0.05, 0.1) is 18.9 Å². The maximum Gasteiger partial charge on any atom is 0.373 e. The lowest BCUT2D eigenvalue weighted by atomic mass is 9.85. The fourth-order valence-electron chi connectivity index (χ4n) is 2.13. The Morgan fingerprint density at radius 3 is 2.57 bits per heavy atom. The van der Waals surface area contributed by atoms with E-state index in [0.29, 0.717) is 6.42 Å². The Balaban J connectivity index is 0.000000677. The van der Waals surface area contributed by atoms with Crippen molar-refractivity contribution in [2.45, 2.75) is 32.6 Å². The van der Waals surface area contributed by atoms with Gasteiger partial charge in [-0.3, -0.25) is 14.3 Å². The third-order valence-electron chi connectivity index (χ3n) is 3.29. The molecule has 2 rings (SSSR count). The van der Waals surface area contributed by atoms with Crippen molar-refractivity contribution in [1.82, 2.24) is 9.55 Å². The maximum absolute atomic E-state index is 13.2. The second-order valence-electron chi connectivity index (χ2n) is 5.18. The van der Waals surface area contributed by atoms with Crippen LogP contribution in [0, 0.1) is 11.2 Å². The van der Waals surface area contributed by atoms with E-state index in [1.165, 1.54) is 0 Å². The van der Waals surface area contributed by atoms with Gasteiger partial charge in [-0.1, -0.05) is 13.8 Å². The molecule has 1 saturated heterocycles. The third kappa shape index (κ3) is 3.72. The number of hydrogen-bond acceptors (Lipinski definition) is 6. The molecule has 2 heterocycles. The average Bonchev–Trinajstić information content (AvgIpc) is 2.69. The van der Waals surface area contributed by atoms with Crippen LogP contribution in [0.3, 0.4) is 0 Å². The van der Waals surface area contributed by atoms with Crippen molar-refractivity contribution in [1.29, 1.82) is 0 Å². The summed E-state index contributed by atoms with van der Waals surface area (Å²) in [4.78, 5) is 40.6. The molecular weight excluding hydrogens is 287 g/mol. The predicted octanol–water partition coefficient (Wildman–Crippen LogP) is -0.602. The molecule has 0 saturated carbocycles. The molecule has 116 valence electrons. The minimum absolute atomic E-state index is 0.177. The first-order valence-corrected chi connectivity index (χ1v) is 6.03. The first-order valence-electron chi connectivity index (χ1n) is 6.03. The summed E-state index contributed by atoms with van der Waals surface area (Å²) in [5.74, 6) is -1.04. The standard InChI is InChI=1S/C11H15FN2O4.CO2/c1-11(2)3-8(18-7(11)5-15)14-4-6(12)9(16)13-10(14)17;2-1-3/h4,7-8,15H,3,5H2,1-2H3,(H,13,16,17);/t7-,8-;/m1./s1. The molecule has 0 amide bonds. The molecule has 0 aliphatic carbocycles. The molecule has 21 heavy (non-hydrogen) atoms. The van der Waals surface area contributed by atoms with Crippen molar-refractivity contribution < 1.29 is 23.8 Å². The topological polar surface area (TPSA) is 118 Å². The number of nitrogens with zero attached hydrogens (tertiary/aromatic N) is 1. The number of hydrogen-bond donors (Lipinski definition) is 2. The summed E-state index contributed by atoms with van der Waals surface area (Å²) in [5, 5.41) is 9.19. The largest absolute Gasteiger partial charge is 0.394 e. The van der Waals surface area contributed by atoms with Crippen LogP contribution in [0.1, 0.15) is 26.5 Å². The first kappa shape index (κ1) is 17.0. The number of aliphatic hydroxyl groups excluding tert-OH is 1. The van der Waals surface area contributed by atoms with E-state index in [2.05, 4.69) is 0 Å². The summed E-state index contributed by atoms with van der Waals surface area (Å²) >= 11 is 0. The first-order chi connectivity index (χ1) is 9.76. The van der Waals surface area contributed by atoms with Crippen LogP contribution < -0.4 is 11.2 Å². The molecule has 1 aromatic heterocycles. The van der Waals surface area contributed by atoms with E-state index in [0.717, 1.165) is 10.8 Å². The molecule has 1 fully saturated rings. The highest BCUT2D eigenvalue weighted by Gasteiger charge is 2.42. The molecule has 1 aromatic rings. The number of rotatable bonds is 2. The lowest BCUT2D eigenvalue weighted by Gasteiger charge is -2.22. The van der Waals surface area contributed by atoms with Gasteiger partial charge in [0.2, 0.25) is 5.82 Å². The van der Waals surface area contributed by atoms with Crippen LogP contribution in [-0.2, 0) is 14.3 Å². The normalized spacial score (nSPS) is 23.0. The SMILES string of the molecule is CC1(C)C[C@H](n2cc(F)c(=O)[nH]c2=O)O[C@@H]1CO.O=C=O. The number of carbonyl (C=O) groups excluding carboxylic acids is 2. The summed E-state index contributed by atoms with van der Waals surface area (Å²) in [5.41, 5.74) is -2.10. The minimum Gasteiger partial charge on any atom is -0.394 e. The Morgan fingerprint density at radius 2 is 2.10 bits per heavy atom. The van der Waals surface area contributed by atoms with E-state index in [-0.39, 0.29) is 18.2 Å². The quantitative estimate of drug-likeness (QED) is 0.753. The van der Waals surface area contributed by atoms with Gasteiger partial charge in [-0.15, -0.1) is 0 Å². The monoisotopic (exact) mass is 302 g/mol. The Kier molecular flexibility index (Phi) is 5.31. The Hall–Kier alpha value is -2.09. The van der Waals surface area contributed by atoms with E-state index >= 15 is 0 Å². The smallest absolute Gasteiger partial charge is 0.373 e.